The number of hydrogen-bond donors (Lipinski definition) is 1. The summed E-state index contributed by atoms with van der Waals surface area (Å²) in [6, 6.07) is 6.90. The van der Waals surface area contributed by atoms with Crippen LogP contribution in [-0.2, 0) is 0 Å². The summed E-state index contributed by atoms with van der Waals surface area (Å²) in [5.74, 6) is 1.86. The molecule has 0 heterocycles. The van der Waals surface area contributed by atoms with Crippen molar-refractivity contribution in [3.63, 3.8) is 0 Å². The van der Waals surface area contributed by atoms with Gasteiger partial charge in [0.15, 0.2) is 0 Å². The molecule has 0 spiro atoms. The summed E-state index contributed by atoms with van der Waals surface area (Å²) in [6.07, 6.45) is 2.71. The third kappa shape index (κ3) is 3.47. The van der Waals surface area contributed by atoms with Crippen LogP contribution in [0.5, 0.6) is 5.75 Å². The van der Waals surface area contributed by atoms with Crippen molar-refractivity contribution < 1.29 is 4.74 Å². The van der Waals surface area contributed by atoms with E-state index in [9.17, 15) is 0 Å². The number of aryl methyl sites for hydroxylation is 2. The van der Waals surface area contributed by atoms with Gasteiger partial charge < -0.3 is 10.1 Å². The lowest BCUT2D eigenvalue weighted by molar-refractivity contribution is 0.250. The maximum absolute atomic E-state index is 5.95. The molecule has 1 saturated carbocycles. The molecule has 1 unspecified atom stereocenters. The monoisotopic (exact) mass is 233 g/mol. The molecule has 1 aliphatic rings. The molecular formula is C15H23NO. The first-order valence-electron chi connectivity index (χ1n) is 6.64. The molecule has 0 aliphatic heterocycles. The van der Waals surface area contributed by atoms with Crippen LogP contribution in [0, 0.1) is 19.8 Å². The quantitative estimate of drug-likeness (QED) is 0.815. The number of hydrogen-bond acceptors (Lipinski definition) is 2. The zero-order valence-corrected chi connectivity index (χ0v) is 11.1. The van der Waals surface area contributed by atoms with Gasteiger partial charge in [-0.3, -0.25) is 0 Å². The fourth-order valence-corrected chi connectivity index (χ4v) is 2.26. The van der Waals surface area contributed by atoms with Crippen molar-refractivity contribution in [2.24, 2.45) is 5.92 Å². The molecule has 1 aromatic rings. The minimum absolute atomic E-state index is 0.528. The molecule has 0 saturated heterocycles. The van der Waals surface area contributed by atoms with Crippen LogP contribution in [0.3, 0.4) is 0 Å². The van der Waals surface area contributed by atoms with Gasteiger partial charge in [0.1, 0.15) is 12.4 Å². The first-order chi connectivity index (χ1) is 8.20. The Morgan fingerprint density at radius 1 is 1.35 bits per heavy atom. The Morgan fingerprint density at radius 2 is 2.12 bits per heavy atom. The van der Waals surface area contributed by atoms with E-state index in [1.807, 2.05) is 0 Å². The van der Waals surface area contributed by atoms with Crippen LogP contribution < -0.4 is 10.1 Å². The summed E-state index contributed by atoms with van der Waals surface area (Å²) in [5.41, 5.74) is 2.52. The van der Waals surface area contributed by atoms with Gasteiger partial charge in [-0.15, -0.1) is 0 Å². The molecular weight excluding hydrogens is 210 g/mol. The van der Waals surface area contributed by atoms with Crippen molar-refractivity contribution in [1.82, 2.24) is 5.32 Å². The maximum atomic E-state index is 5.95. The first kappa shape index (κ1) is 12.4. The van der Waals surface area contributed by atoms with Gasteiger partial charge in [0.05, 0.1) is 0 Å². The molecule has 1 atom stereocenters. The fourth-order valence-electron chi connectivity index (χ4n) is 2.26. The van der Waals surface area contributed by atoms with Gasteiger partial charge in [-0.2, -0.15) is 0 Å². The number of rotatable bonds is 6. The topological polar surface area (TPSA) is 21.3 Å². The van der Waals surface area contributed by atoms with E-state index in [-0.39, 0.29) is 0 Å². The molecule has 0 amide bonds. The fraction of sp³-hybridized carbons (Fsp3) is 0.600. The Kier molecular flexibility index (Phi) is 4.06. The van der Waals surface area contributed by atoms with Gasteiger partial charge in [-0.1, -0.05) is 24.6 Å². The normalized spacial score (nSPS) is 16.9. The molecule has 1 N–H and O–H groups in total. The average molecular weight is 233 g/mol. The van der Waals surface area contributed by atoms with Crippen molar-refractivity contribution in [2.45, 2.75) is 39.7 Å². The van der Waals surface area contributed by atoms with Crippen LogP contribution in [0.2, 0.25) is 0 Å². The Bertz CT molecular complexity index is 371. The molecule has 2 nitrogen and oxygen atoms in total. The third-order valence-electron chi connectivity index (χ3n) is 3.41. The summed E-state index contributed by atoms with van der Waals surface area (Å²) in [6.45, 7) is 8.20. The van der Waals surface area contributed by atoms with Crippen LogP contribution in [0.1, 0.15) is 30.9 Å². The second-order valence-electron chi connectivity index (χ2n) is 5.08. The molecule has 2 heteroatoms. The van der Waals surface area contributed by atoms with Gasteiger partial charge >= 0.3 is 0 Å². The van der Waals surface area contributed by atoms with E-state index in [1.54, 1.807) is 0 Å². The lowest BCUT2D eigenvalue weighted by Gasteiger charge is -2.19. The first-order valence-corrected chi connectivity index (χ1v) is 6.64. The Hall–Kier alpha value is -1.02. The molecule has 1 fully saturated rings. The highest BCUT2D eigenvalue weighted by molar-refractivity contribution is 5.35. The number of ether oxygens (including phenoxy) is 1. The van der Waals surface area contributed by atoms with Crippen LogP contribution in [0.4, 0.5) is 0 Å². The van der Waals surface area contributed by atoms with Gasteiger partial charge in [-0.25, -0.2) is 0 Å². The van der Waals surface area contributed by atoms with Crippen molar-refractivity contribution >= 4 is 0 Å². The second-order valence-corrected chi connectivity index (χ2v) is 5.08. The van der Waals surface area contributed by atoms with Crippen LogP contribution in [0.25, 0.3) is 0 Å². The number of likely N-dealkylation sites (N-methyl/N-ethyl adjacent to an activating group) is 1. The van der Waals surface area contributed by atoms with E-state index in [1.165, 1.54) is 24.0 Å². The summed E-state index contributed by atoms with van der Waals surface area (Å²) >= 11 is 0. The van der Waals surface area contributed by atoms with Crippen molar-refractivity contribution in [2.75, 3.05) is 13.2 Å². The van der Waals surface area contributed by atoms with E-state index in [0.29, 0.717) is 6.04 Å². The van der Waals surface area contributed by atoms with Gasteiger partial charge in [-0.05, 0) is 50.8 Å². The summed E-state index contributed by atoms with van der Waals surface area (Å²) in [5, 5.41) is 3.52. The zero-order valence-electron chi connectivity index (χ0n) is 11.1. The molecule has 0 aromatic heterocycles. The molecule has 1 aliphatic carbocycles. The predicted octanol–water partition coefficient (Wildman–Crippen LogP) is 3.07. The number of benzene rings is 1. The molecule has 1 aromatic carbocycles. The third-order valence-corrected chi connectivity index (χ3v) is 3.41. The lowest BCUT2D eigenvalue weighted by Crippen LogP contribution is -2.36. The van der Waals surface area contributed by atoms with Gasteiger partial charge in [0.2, 0.25) is 0 Å². The smallest absolute Gasteiger partial charge is 0.122 e. The number of nitrogens with one attached hydrogen (secondary N) is 1. The molecule has 0 radical (unpaired) electrons. The van der Waals surface area contributed by atoms with Crippen LogP contribution >= 0.6 is 0 Å². The zero-order chi connectivity index (χ0) is 12.3. The lowest BCUT2D eigenvalue weighted by atomic mass is 10.1. The standard InChI is InChI=1S/C15H23NO/c1-4-16-14(13-6-7-13)10-17-15-8-5-11(2)9-12(15)3/h5,8-9,13-14,16H,4,6-7,10H2,1-3H3. The summed E-state index contributed by atoms with van der Waals surface area (Å²) in [7, 11) is 0. The van der Waals surface area contributed by atoms with E-state index in [0.717, 1.165) is 24.8 Å². The molecule has 94 valence electrons. The molecule has 0 bridgehead atoms. The minimum atomic E-state index is 0.528. The Balaban J connectivity index is 1.91. The van der Waals surface area contributed by atoms with Crippen molar-refractivity contribution in [1.29, 1.82) is 0 Å². The highest BCUT2D eigenvalue weighted by atomic mass is 16.5. The Morgan fingerprint density at radius 3 is 2.71 bits per heavy atom. The maximum Gasteiger partial charge on any atom is 0.122 e. The van der Waals surface area contributed by atoms with E-state index >= 15 is 0 Å². The Labute approximate surface area is 104 Å². The van der Waals surface area contributed by atoms with Crippen LogP contribution in [-0.4, -0.2) is 19.2 Å². The largest absolute Gasteiger partial charge is 0.492 e. The van der Waals surface area contributed by atoms with Crippen LogP contribution in [0.15, 0.2) is 18.2 Å². The van der Waals surface area contributed by atoms with Gasteiger partial charge in [0, 0.05) is 6.04 Å². The highest BCUT2D eigenvalue weighted by Crippen LogP contribution is 2.33. The second kappa shape index (κ2) is 5.54. The highest BCUT2D eigenvalue weighted by Gasteiger charge is 2.31. The van der Waals surface area contributed by atoms with Crippen molar-refractivity contribution in [3.05, 3.63) is 29.3 Å². The summed E-state index contributed by atoms with van der Waals surface area (Å²) < 4.78 is 5.95. The van der Waals surface area contributed by atoms with Crippen molar-refractivity contribution in [3.8, 4) is 5.75 Å². The SMILES string of the molecule is CCNC(COc1ccc(C)cc1C)C1CC1. The predicted molar refractivity (Wildman–Crippen MR) is 71.6 cm³/mol. The van der Waals surface area contributed by atoms with E-state index in [4.69, 9.17) is 4.74 Å². The minimum Gasteiger partial charge on any atom is -0.492 e. The molecule has 2 rings (SSSR count). The van der Waals surface area contributed by atoms with Gasteiger partial charge in [0.25, 0.3) is 0 Å². The van der Waals surface area contributed by atoms with E-state index < -0.39 is 0 Å². The summed E-state index contributed by atoms with van der Waals surface area (Å²) in [4.78, 5) is 0. The van der Waals surface area contributed by atoms with E-state index in [2.05, 4.69) is 44.3 Å². The average Bonchev–Trinajstić information content (AvgIpc) is 3.10. The molecule has 17 heavy (non-hydrogen) atoms.